The van der Waals surface area contributed by atoms with Gasteiger partial charge >= 0.3 is 0 Å². The molecule has 0 aliphatic heterocycles. The predicted molar refractivity (Wildman–Crippen MR) is 228 cm³/mol. The summed E-state index contributed by atoms with van der Waals surface area (Å²) >= 11 is 0. The van der Waals surface area contributed by atoms with Crippen molar-refractivity contribution in [2.24, 2.45) is 0 Å². The molecule has 1 heterocycles. The second-order valence-corrected chi connectivity index (χ2v) is 14.1. The zero-order chi connectivity index (χ0) is 36.7. The minimum Gasteiger partial charge on any atom is -0.436 e. The van der Waals surface area contributed by atoms with Crippen LogP contribution in [-0.4, -0.2) is 4.98 Å². The van der Waals surface area contributed by atoms with Crippen molar-refractivity contribution in [1.82, 2.24) is 4.98 Å². The molecule has 3 nitrogen and oxygen atoms in total. The molecule has 0 saturated heterocycles. The van der Waals surface area contributed by atoms with E-state index in [0.717, 1.165) is 40.8 Å². The second-order valence-electron chi connectivity index (χ2n) is 14.1. The molecule has 7 aromatic carbocycles. The Morgan fingerprint density at radius 2 is 0.833 bits per heavy atom. The van der Waals surface area contributed by atoms with Gasteiger partial charge in [-0.05, 0) is 131 Å². The lowest BCUT2D eigenvalue weighted by Gasteiger charge is -2.26. The molecule has 0 N–H and O–H groups in total. The largest absolute Gasteiger partial charge is 0.436 e. The monoisotopic (exact) mass is 702 g/mol. The number of rotatable bonds is 13. The molecule has 0 aliphatic rings. The Balaban J connectivity index is 1.11. The Kier molecular flexibility index (Phi) is 10.5. The van der Waals surface area contributed by atoms with Gasteiger partial charge in [0.05, 0.1) is 0 Å². The van der Waals surface area contributed by atoms with Crippen LogP contribution in [0.3, 0.4) is 0 Å². The lowest BCUT2D eigenvalue weighted by molar-refractivity contribution is 0.620. The van der Waals surface area contributed by atoms with Gasteiger partial charge in [-0.25, -0.2) is 4.98 Å². The minimum absolute atomic E-state index is 0.636. The Bertz CT molecular complexity index is 2360. The van der Waals surface area contributed by atoms with Crippen LogP contribution in [0.2, 0.25) is 0 Å². The molecule has 0 fully saturated rings. The first kappa shape index (κ1) is 34.9. The summed E-state index contributed by atoms with van der Waals surface area (Å²) in [5, 5.41) is 0. The fourth-order valence-corrected chi connectivity index (χ4v) is 7.35. The van der Waals surface area contributed by atoms with Crippen LogP contribution in [0.4, 0.5) is 17.1 Å². The average molecular weight is 703 g/mol. The summed E-state index contributed by atoms with van der Waals surface area (Å²) in [4.78, 5) is 7.08. The van der Waals surface area contributed by atoms with Gasteiger partial charge in [0.2, 0.25) is 5.89 Å². The molecular formula is C51H46N2O. The molecule has 0 saturated carbocycles. The first-order valence-electron chi connectivity index (χ1n) is 19.4. The number of hydrogen-bond donors (Lipinski definition) is 0. The maximum atomic E-state index is 6.05. The third kappa shape index (κ3) is 7.49. The van der Waals surface area contributed by atoms with Crippen LogP contribution in [0.5, 0.6) is 0 Å². The SMILES string of the molecule is CCCCc1ccc(N(c2ccc(CCCC)cc2)c2ccc(-c3ccccc3-c3ccccc3-c3ccc(-c4nc5ccccc5o4)cc3)cc2)cc1. The third-order valence-electron chi connectivity index (χ3n) is 10.3. The number of para-hydroxylation sites is 2. The number of oxazole rings is 1. The molecule has 0 radical (unpaired) electrons. The van der Waals surface area contributed by atoms with Gasteiger partial charge in [-0.3, -0.25) is 0 Å². The quantitative estimate of drug-likeness (QED) is 0.120. The molecule has 266 valence electrons. The van der Waals surface area contributed by atoms with E-state index < -0.39 is 0 Å². The second kappa shape index (κ2) is 16.2. The van der Waals surface area contributed by atoms with Crippen molar-refractivity contribution in [2.75, 3.05) is 4.90 Å². The Hall–Kier alpha value is -6.19. The van der Waals surface area contributed by atoms with Crippen molar-refractivity contribution in [1.29, 1.82) is 0 Å². The summed E-state index contributed by atoms with van der Waals surface area (Å²) in [6.07, 6.45) is 7.06. The normalized spacial score (nSPS) is 11.2. The van der Waals surface area contributed by atoms with Crippen LogP contribution < -0.4 is 4.90 Å². The minimum atomic E-state index is 0.636. The van der Waals surface area contributed by atoms with Gasteiger partial charge in [0.25, 0.3) is 0 Å². The topological polar surface area (TPSA) is 29.3 Å². The van der Waals surface area contributed by atoms with Gasteiger partial charge in [-0.15, -0.1) is 0 Å². The van der Waals surface area contributed by atoms with Gasteiger partial charge in [-0.2, -0.15) is 0 Å². The van der Waals surface area contributed by atoms with Gasteiger partial charge in [-0.1, -0.05) is 136 Å². The van der Waals surface area contributed by atoms with Gasteiger partial charge < -0.3 is 9.32 Å². The number of aromatic nitrogens is 1. The number of aryl methyl sites for hydroxylation is 2. The molecule has 0 bridgehead atoms. The fourth-order valence-electron chi connectivity index (χ4n) is 7.35. The van der Waals surface area contributed by atoms with E-state index in [1.54, 1.807) is 0 Å². The van der Waals surface area contributed by atoms with E-state index in [0.29, 0.717) is 5.89 Å². The van der Waals surface area contributed by atoms with Crippen molar-refractivity contribution in [3.63, 3.8) is 0 Å². The first-order valence-corrected chi connectivity index (χ1v) is 19.4. The van der Waals surface area contributed by atoms with Crippen LogP contribution in [0.1, 0.15) is 50.7 Å². The third-order valence-corrected chi connectivity index (χ3v) is 10.3. The van der Waals surface area contributed by atoms with Crippen LogP contribution in [0, 0.1) is 0 Å². The van der Waals surface area contributed by atoms with E-state index in [9.17, 15) is 0 Å². The molecular weight excluding hydrogens is 657 g/mol. The molecule has 0 amide bonds. The van der Waals surface area contributed by atoms with Gasteiger partial charge in [0, 0.05) is 22.6 Å². The van der Waals surface area contributed by atoms with E-state index in [-0.39, 0.29) is 0 Å². The van der Waals surface area contributed by atoms with Gasteiger partial charge in [0.1, 0.15) is 5.52 Å². The van der Waals surface area contributed by atoms with Crippen LogP contribution in [0.25, 0.3) is 55.9 Å². The molecule has 8 aromatic rings. The van der Waals surface area contributed by atoms with Crippen molar-refractivity contribution >= 4 is 28.2 Å². The summed E-state index contributed by atoms with van der Waals surface area (Å²) in [6, 6.07) is 61.2. The van der Waals surface area contributed by atoms with Crippen molar-refractivity contribution in [3.05, 3.63) is 181 Å². The highest BCUT2D eigenvalue weighted by molar-refractivity contribution is 5.92. The van der Waals surface area contributed by atoms with Gasteiger partial charge in [0.15, 0.2) is 5.58 Å². The standard InChI is InChI=1S/C51H46N2O/c1-3-5-13-37-21-31-42(32-22-37)53(43-33-23-38(24-34-43)14-6-4-2)44-35-29-40(30-36-44)46-16-8-10-18-48(46)47-17-9-7-15-45(47)39-25-27-41(28-26-39)51-52-49-19-11-12-20-50(49)54-51/h7-12,15-36H,3-6,13-14H2,1-2H3. The van der Waals surface area contributed by atoms with E-state index in [1.807, 2.05) is 24.3 Å². The van der Waals surface area contributed by atoms with Crippen LogP contribution >= 0.6 is 0 Å². The highest BCUT2D eigenvalue weighted by atomic mass is 16.3. The Morgan fingerprint density at radius 1 is 0.426 bits per heavy atom. The van der Waals surface area contributed by atoms with Crippen LogP contribution in [0.15, 0.2) is 174 Å². The zero-order valence-electron chi connectivity index (χ0n) is 31.2. The zero-order valence-corrected chi connectivity index (χ0v) is 31.2. The number of hydrogen-bond acceptors (Lipinski definition) is 3. The first-order chi connectivity index (χ1) is 26.7. The molecule has 0 spiro atoms. The molecule has 0 aliphatic carbocycles. The number of fused-ring (bicyclic) bond motifs is 1. The maximum Gasteiger partial charge on any atom is 0.227 e. The van der Waals surface area contributed by atoms with Crippen molar-refractivity contribution in [2.45, 2.75) is 52.4 Å². The predicted octanol–water partition coefficient (Wildman–Crippen LogP) is 14.7. The molecule has 54 heavy (non-hydrogen) atoms. The number of unbranched alkanes of at least 4 members (excludes halogenated alkanes) is 2. The number of benzene rings is 7. The van der Waals surface area contributed by atoms with E-state index >= 15 is 0 Å². The average Bonchev–Trinajstić information content (AvgIpc) is 3.68. The lowest BCUT2D eigenvalue weighted by atomic mass is 9.89. The summed E-state index contributed by atoms with van der Waals surface area (Å²) in [5.41, 5.74) is 16.0. The summed E-state index contributed by atoms with van der Waals surface area (Å²) in [5.74, 6) is 0.636. The summed E-state index contributed by atoms with van der Waals surface area (Å²) in [6.45, 7) is 4.50. The van der Waals surface area contributed by atoms with E-state index in [1.165, 1.54) is 76.0 Å². The van der Waals surface area contributed by atoms with Crippen molar-refractivity contribution < 1.29 is 4.42 Å². The molecule has 8 rings (SSSR count). The smallest absolute Gasteiger partial charge is 0.227 e. The molecule has 3 heteroatoms. The molecule has 0 atom stereocenters. The number of nitrogens with zero attached hydrogens (tertiary/aromatic N) is 2. The summed E-state index contributed by atoms with van der Waals surface area (Å²) in [7, 11) is 0. The summed E-state index contributed by atoms with van der Waals surface area (Å²) < 4.78 is 6.05. The highest BCUT2D eigenvalue weighted by Gasteiger charge is 2.16. The van der Waals surface area contributed by atoms with Crippen LogP contribution in [-0.2, 0) is 12.8 Å². The maximum absolute atomic E-state index is 6.05. The highest BCUT2D eigenvalue weighted by Crippen LogP contribution is 2.41. The Morgan fingerprint density at radius 3 is 1.31 bits per heavy atom. The van der Waals surface area contributed by atoms with E-state index in [2.05, 4.69) is 164 Å². The fraction of sp³-hybridized carbons (Fsp3) is 0.157. The molecule has 0 unspecified atom stereocenters. The molecule has 1 aromatic heterocycles. The van der Waals surface area contributed by atoms with E-state index in [4.69, 9.17) is 9.40 Å². The lowest BCUT2D eigenvalue weighted by Crippen LogP contribution is -2.10. The Labute approximate surface area is 319 Å². The van der Waals surface area contributed by atoms with Crippen molar-refractivity contribution in [3.8, 4) is 44.8 Å². The number of anilines is 3.